The predicted octanol–water partition coefficient (Wildman–Crippen LogP) is 4.71. The van der Waals surface area contributed by atoms with Crippen LogP contribution >= 0.6 is 0 Å². The van der Waals surface area contributed by atoms with Gasteiger partial charge in [0, 0.05) is 24.2 Å². The minimum Gasteiger partial charge on any atom is -0.439 e. The summed E-state index contributed by atoms with van der Waals surface area (Å²) < 4.78 is 32.3. The smallest absolute Gasteiger partial charge is 0.219 e. The van der Waals surface area contributed by atoms with Gasteiger partial charge in [-0.3, -0.25) is 0 Å². The Morgan fingerprint density at radius 1 is 0.889 bits per heavy atom. The van der Waals surface area contributed by atoms with Crippen LogP contribution in [-0.4, -0.2) is 15.0 Å². The molecule has 2 heterocycles. The minimum absolute atomic E-state index is 0.274. The first-order valence-corrected chi connectivity index (χ1v) is 8.20. The Balaban J connectivity index is 1.45. The van der Waals surface area contributed by atoms with Crippen LogP contribution in [-0.2, 0) is 6.54 Å². The van der Waals surface area contributed by atoms with E-state index in [2.05, 4.69) is 20.3 Å². The molecule has 134 valence electrons. The lowest BCUT2D eigenvalue weighted by Crippen LogP contribution is -2.03. The van der Waals surface area contributed by atoms with Crippen molar-refractivity contribution in [2.24, 2.45) is 0 Å². The summed E-state index contributed by atoms with van der Waals surface area (Å²) >= 11 is 0. The minimum atomic E-state index is -0.387. The molecule has 2 aromatic heterocycles. The van der Waals surface area contributed by atoms with Crippen molar-refractivity contribution in [3.05, 3.63) is 84.3 Å². The average Bonchev–Trinajstić information content (AvgIpc) is 2.70. The number of benzene rings is 2. The summed E-state index contributed by atoms with van der Waals surface area (Å²) in [5.41, 5.74) is 1.17. The lowest BCUT2D eigenvalue weighted by Gasteiger charge is -2.09. The third-order valence-corrected chi connectivity index (χ3v) is 3.91. The van der Waals surface area contributed by atoms with E-state index in [4.69, 9.17) is 4.74 Å². The number of ether oxygens (including phenoxy) is 1. The zero-order chi connectivity index (χ0) is 18.6. The third-order valence-electron chi connectivity index (χ3n) is 3.91. The Hall–Kier alpha value is -3.61. The second kappa shape index (κ2) is 7.33. The number of para-hydroxylation sites is 1. The van der Waals surface area contributed by atoms with Crippen molar-refractivity contribution in [1.82, 2.24) is 15.0 Å². The molecule has 0 saturated heterocycles. The number of rotatable bonds is 5. The van der Waals surface area contributed by atoms with Gasteiger partial charge in [-0.25, -0.2) is 23.7 Å². The van der Waals surface area contributed by atoms with Crippen molar-refractivity contribution < 1.29 is 13.5 Å². The van der Waals surface area contributed by atoms with E-state index in [0.717, 1.165) is 5.56 Å². The highest BCUT2D eigenvalue weighted by molar-refractivity contribution is 5.89. The zero-order valence-corrected chi connectivity index (χ0v) is 14.1. The quantitative estimate of drug-likeness (QED) is 0.556. The van der Waals surface area contributed by atoms with E-state index in [-0.39, 0.29) is 17.2 Å². The van der Waals surface area contributed by atoms with Gasteiger partial charge in [0.1, 0.15) is 35.0 Å². The number of nitrogens with one attached hydrogen (secondary N) is 1. The topological polar surface area (TPSA) is 59.9 Å². The molecule has 5 nitrogen and oxygen atoms in total. The molecule has 0 spiro atoms. The first-order chi connectivity index (χ1) is 13.2. The summed E-state index contributed by atoms with van der Waals surface area (Å²) in [4.78, 5) is 12.4. The molecule has 0 atom stereocenters. The molecular formula is C20H14F2N4O. The number of nitrogens with zero attached hydrogens (tertiary/aromatic N) is 3. The molecule has 0 aliphatic carbocycles. The highest BCUT2D eigenvalue weighted by Crippen LogP contribution is 2.22. The number of fused-ring (bicyclic) bond motifs is 1. The largest absolute Gasteiger partial charge is 0.439 e. The summed E-state index contributed by atoms with van der Waals surface area (Å²) in [7, 11) is 0. The van der Waals surface area contributed by atoms with Gasteiger partial charge in [0.2, 0.25) is 5.88 Å². The average molecular weight is 364 g/mol. The summed E-state index contributed by atoms with van der Waals surface area (Å²) in [6, 6.07) is 14.0. The predicted molar refractivity (Wildman–Crippen MR) is 97.5 cm³/mol. The van der Waals surface area contributed by atoms with E-state index in [1.54, 1.807) is 24.4 Å². The summed E-state index contributed by atoms with van der Waals surface area (Å²) in [6.45, 7) is 0.451. The van der Waals surface area contributed by atoms with E-state index in [1.807, 2.05) is 6.07 Å². The second-order valence-electron chi connectivity index (χ2n) is 5.77. The molecule has 4 aromatic rings. The molecule has 4 rings (SSSR count). The zero-order valence-electron chi connectivity index (χ0n) is 14.1. The van der Waals surface area contributed by atoms with Crippen LogP contribution in [0.1, 0.15) is 5.56 Å². The number of hydrogen-bond donors (Lipinski definition) is 1. The maximum Gasteiger partial charge on any atom is 0.219 e. The number of anilines is 1. The van der Waals surface area contributed by atoms with Crippen molar-refractivity contribution in [3.63, 3.8) is 0 Å². The van der Waals surface area contributed by atoms with Gasteiger partial charge in [-0.2, -0.15) is 0 Å². The van der Waals surface area contributed by atoms with Gasteiger partial charge in [-0.05, 0) is 42.0 Å². The Labute approximate surface area is 153 Å². The molecular weight excluding hydrogens is 350 g/mol. The molecule has 0 unspecified atom stereocenters. The van der Waals surface area contributed by atoms with Crippen LogP contribution in [0.3, 0.4) is 0 Å². The maximum absolute atomic E-state index is 13.8. The highest BCUT2D eigenvalue weighted by Gasteiger charge is 2.07. The van der Waals surface area contributed by atoms with E-state index in [1.165, 1.54) is 36.7 Å². The number of pyridine rings is 1. The second-order valence-corrected chi connectivity index (χ2v) is 5.77. The monoisotopic (exact) mass is 364 g/mol. The lowest BCUT2D eigenvalue weighted by molar-refractivity contribution is 0.461. The lowest BCUT2D eigenvalue weighted by atomic mass is 10.2. The van der Waals surface area contributed by atoms with E-state index in [9.17, 15) is 8.78 Å². The first-order valence-electron chi connectivity index (χ1n) is 8.20. The summed E-state index contributed by atoms with van der Waals surface area (Å²) in [5, 5.41) is 3.78. The molecule has 27 heavy (non-hydrogen) atoms. The standard InChI is InChI=1S/C20H14F2N4O/c21-14-5-7-15(8-6-14)27-18-9-4-13(10-23-18)11-24-20-16-2-1-3-17(22)19(16)25-12-26-20/h1-10,12H,11H2,(H,24,25,26). The SMILES string of the molecule is Fc1ccc(Oc2ccc(CNc3ncnc4c(F)cccc34)cn2)cc1. The van der Waals surface area contributed by atoms with Crippen LogP contribution in [0.25, 0.3) is 10.9 Å². The Bertz CT molecular complexity index is 1070. The van der Waals surface area contributed by atoms with Crippen molar-refractivity contribution in [2.75, 3.05) is 5.32 Å². The highest BCUT2D eigenvalue weighted by atomic mass is 19.1. The first kappa shape index (κ1) is 16.8. The van der Waals surface area contributed by atoms with Gasteiger partial charge >= 0.3 is 0 Å². The molecule has 0 aliphatic heterocycles. The van der Waals surface area contributed by atoms with Crippen molar-refractivity contribution >= 4 is 16.7 Å². The van der Waals surface area contributed by atoms with Gasteiger partial charge in [-0.15, -0.1) is 0 Å². The summed E-state index contributed by atoms with van der Waals surface area (Å²) in [6.07, 6.45) is 2.99. The van der Waals surface area contributed by atoms with Crippen LogP contribution in [0, 0.1) is 11.6 Å². The molecule has 0 amide bonds. The fraction of sp³-hybridized carbons (Fsp3) is 0.0500. The third kappa shape index (κ3) is 3.82. The van der Waals surface area contributed by atoms with Crippen molar-refractivity contribution in [2.45, 2.75) is 6.54 Å². The van der Waals surface area contributed by atoms with E-state index in [0.29, 0.717) is 29.4 Å². The molecule has 0 fully saturated rings. The maximum atomic E-state index is 13.8. The Morgan fingerprint density at radius 3 is 2.52 bits per heavy atom. The van der Waals surface area contributed by atoms with Gasteiger partial charge in [0.25, 0.3) is 0 Å². The molecule has 0 radical (unpaired) electrons. The van der Waals surface area contributed by atoms with Crippen LogP contribution < -0.4 is 10.1 Å². The molecule has 0 saturated carbocycles. The van der Waals surface area contributed by atoms with Crippen LogP contribution in [0.2, 0.25) is 0 Å². The fourth-order valence-electron chi connectivity index (χ4n) is 2.58. The Morgan fingerprint density at radius 2 is 1.74 bits per heavy atom. The van der Waals surface area contributed by atoms with Crippen molar-refractivity contribution in [3.8, 4) is 11.6 Å². The normalized spacial score (nSPS) is 10.7. The van der Waals surface area contributed by atoms with Crippen LogP contribution in [0.5, 0.6) is 11.6 Å². The summed E-state index contributed by atoms with van der Waals surface area (Å²) in [5.74, 6) is 0.742. The molecule has 1 N–H and O–H groups in total. The molecule has 0 bridgehead atoms. The van der Waals surface area contributed by atoms with Gasteiger partial charge in [-0.1, -0.05) is 12.1 Å². The van der Waals surface area contributed by atoms with Gasteiger partial charge in [0.05, 0.1) is 0 Å². The van der Waals surface area contributed by atoms with Crippen LogP contribution in [0.4, 0.5) is 14.6 Å². The van der Waals surface area contributed by atoms with E-state index < -0.39 is 0 Å². The fourth-order valence-corrected chi connectivity index (χ4v) is 2.58. The van der Waals surface area contributed by atoms with E-state index >= 15 is 0 Å². The Kier molecular flexibility index (Phi) is 4.57. The van der Waals surface area contributed by atoms with Gasteiger partial charge < -0.3 is 10.1 Å². The number of aromatic nitrogens is 3. The van der Waals surface area contributed by atoms with Crippen LogP contribution in [0.15, 0.2) is 67.1 Å². The van der Waals surface area contributed by atoms with Gasteiger partial charge in [0.15, 0.2) is 0 Å². The molecule has 7 heteroatoms. The number of halogens is 2. The molecule has 0 aliphatic rings. The number of hydrogen-bond acceptors (Lipinski definition) is 5. The molecule has 2 aromatic carbocycles. The van der Waals surface area contributed by atoms with Crippen molar-refractivity contribution in [1.29, 1.82) is 0 Å².